The zero-order chi connectivity index (χ0) is 26.8. The highest BCUT2D eigenvalue weighted by Crippen LogP contribution is 2.38. The smallest absolute Gasteiger partial charge is 0.255 e. The van der Waals surface area contributed by atoms with Crippen LogP contribution < -0.4 is 20.3 Å². The Balaban J connectivity index is 1.23. The lowest BCUT2D eigenvalue weighted by Gasteiger charge is -2.29. The molecule has 2 aromatic carbocycles. The van der Waals surface area contributed by atoms with Crippen molar-refractivity contribution in [3.8, 4) is 11.6 Å². The van der Waals surface area contributed by atoms with E-state index < -0.39 is 5.82 Å². The van der Waals surface area contributed by atoms with Crippen molar-refractivity contribution in [1.82, 2.24) is 9.97 Å². The second-order valence-corrected chi connectivity index (χ2v) is 10.9. The molecule has 1 amide bonds. The number of amides is 1. The Hall–Kier alpha value is -3.94. The first-order valence-electron chi connectivity index (χ1n) is 14.0. The fraction of sp³-hybridized carbons (Fsp3) is 0.387. The molecular weight excluding hydrogens is 493 g/mol. The summed E-state index contributed by atoms with van der Waals surface area (Å²) in [6.45, 7) is 4.79. The van der Waals surface area contributed by atoms with Crippen molar-refractivity contribution in [2.24, 2.45) is 11.8 Å². The fourth-order valence-corrected chi connectivity index (χ4v) is 5.29. The van der Waals surface area contributed by atoms with Crippen LogP contribution in [-0.4, -0.2) is 35.5 Å². The highest BCUT2D eigenvalue weighted by Gasteiger charge is 2.23. The van der Waals surface area contributed by atoms with Gasteiger partial charge in [0.1, 0.15) is 11.6 Å². The lowest BCUT2D eigenvalue weighted by molar-refractivity contribution is 0.102. The summed E-state index contributed by atoms with van der Waals surface area (Å²) in [6, 6.07) is 10.1. The van der Waals surface area contributed by atoms with Crippen LogP contribution in [0.4, 0.5) is 21.7 Å². The lowest BCUT2D eigenvalue weighted by atomic mass is 9.89. The van der Waals surface area contributed by atoms with Gasteiger partial charge in [0.05, 0.1) is 0 Å². The third-order valence-corrected chi connectivity index (χ3v) is 7.64. The standard InChI is InChI=1S/C31H34FN5O2/c1-20-5-8-25-26(15-20)28(39-29-11-12-33-31(36-29)34-19-21-6-7-21)10-9-27(25)35-30(38)22-16-23(32)18-24(17-22)37-13-3-2-4-14-37/h5,8-12,16-18,20-21H,2-4,6-7,13-15,19H2,1H3,(H,35,38)(H,33,34,36). The number of nitrogens with one attached hydrogen (secondary N) is 2. The molecule has 1 atom stereocenters. The molecule has 0 spiro atoms. The third kappa shape index (κ3) is 6.05. The number of fused-ring (bicyclic) bond motifs is 1. The molecule has 1 aromatic heterocycles. The van der Waals surface area contributed by atoms with E-state index in [1.165, 1.54) is 31.4 Å². The number of carbonyl (C=O) groups is 1. The number of halogens is 1. The van der Waals surface area contributed by atoms with Gasteiger partial charge in [0.2, 0.25) is 11.8 Å². The van der Waals surface area contributed by atoms with Crippen LogP contribution in [-0.2, 0) is 6.42 Å². The number of hydrogen-bond acceptors (Lipinski definition) is 6. The second kappa shape index (κ2) is 11.0. The van der Waals surface area contributed by atoms with Gasteiger partial charge in [-0.3, -0.25) is 4.79 Å². The van der Waals surface area contributed by atoms with Crippen LogP contribution in [0.2, 0.25) is 0 Å². The predicted molar refractivity (Wildman–Crippen MR) is 152 cm³/mol. The predicted octanol–water partition coefficient (Wildman–Crippen LogP) is 6.68. The first-order chi connectivity index (χ1) is 19.0. The van der Waals surface area contributed by atoms with Gasteiger partial charge in [0.15, 0.2) is 0 Å². The zero-order valence-corrected chi connectivity index (χ0v) is 22.3. The molecule has 39 heavy (non-hydrogen) atoms. The molecule has 0 radical (unpaired) electrons. The number of allylic oxidation sites excluding steroid dienone is 1. The minimum atomic E-state index is -0.404. The van der Waals surface area contributed by atoms with E-state index in [1.807, 2.05) is 18.2 Å². The van der Waals surface area contributed by atoms with Gasteiger partial charge in [-0.1, -0.05) is 19.1 Å². The molecule has 2 aliphatic carbocycles. The van der Waals surface area contributed by atoms with Gasteiger partial charge < -0.3 is 20.3 Å². The molecule has 2 fully saturated rings. The summed E-state index contributed by atoms with van der Waals surface area (Å²) in [7, 11) is 0. The van der Waals surface area contributed by atoms with Crippen LogP contribution in [0.5, 0.6) is 11.6 Å². The molecule has 2 N–H and O–H groups in total. The Labute approximate surface area is 228 Å². The van der Waals surface area contributed by atoms with Crippen molar-refractivity contribution in [3.05, 3.63) is 71.2 Å². The van der Waals surface area contributed by atoms with E-state index in [1.54, 1.807) is 18.3 Å². The Bertz CT molecular complexity index is 1400. The normalized spacial score (nSPS) is 18.4. The van der Waals surface area contributed by atoms with Crippen molar-refractivity contribution >= 4 is 29.3 Å². The van der Waals surface area contributed by atoms with Crippen LogP contribution in [0.1, 0.15) is 60.5 Å². The summed E-state index contributed by atoms with van der Waals surface area (Å²) in [5.41, 5.74) is 3.64. The van der Waals surface area contributed by atoms with E-state index >= 15 is 0 Å². The van der Waals surface area contributed by atoms with Crippen LogP contribution in [0.3, 0.4) is 0 Å². The molecule has 3 aliphatic rings. The summed E-state index contributed by atoms with van der Waals surface area (Å²) in [5.74, 6) is 2.02. The van der Waals surface area contributed by atoms with Gasteiger partial charge in [-0.05, 0) is 80.7 Å². The van der Waals surface area contributed by atoms with Gasteiger partial charge in [-0.2, -0.15) is 4.98 Å². The van der Waals surface area contributed by atoms with Crippen LogP contribution in [0.15, 0.2) is 48.7 Å². The zero-order valence-electron chi connectivity index (χ0n) is 22.3. The third-order valence-electron chi connectivity index (χ3n) is 7.64. The molecule has 202 valence electrons. The van der Waals surface area contributed by atoms with Gasteiger partial charge in [-0.15, -0.1) is 0 Å². The number of carbonyl (C=O) groups excluding carboxylic acids is 1. The first kappa shape index (κ1) is 25.3. The van der Waals surface area contributed by atoms with Gasteiger partial charge >= 0.3 is 0 Å². The fourth-order valence-electron chi connectivity index (χ4n) is 5.29. The Morgan fingerprint density at radius 2 is 1.97 bits per heavy atom. The van der Waals surface area contributed by atoms with Gasteiger partial charge in [-0.25, -0.2) is 9.37 Å². The Kier molecular flexibility index (Phi) is 7.18. The maximum absolute atomic E-state index is 14.5. The molecule has 2 heterocycles. The van der Waals surface area contributed by atoms with Crippen LogP contribution in [0, 0.1) is 17.7 Å². The van der Waals surface area contributed by atoms with Gasteiger partial charge in [0.25, 0.3) is 5.91 Å². The summed E-state index contributed by atoms with van der Waals surface area (Å²) in [4.78, 5) is 24.3. The molecule has 7 nitrogen and oxygen atoms in total. The molecule has 3 aromatic rings. The van der Waals surface area contributed by atoms with Crippen LogP contribution in [0.25, 0.3) is 6.08 Å². The van der Waals surface area contributed by atoms with E-state index in [-0.39, 0.29) is 5.91 Å². The molecule has 6 rings (SSSR count). The van der Waals surface area contributed by atoms with E-state index in [0.29, 0.717) is 40.7 Å². The van der Waals surface area contributed by atoms with Crippen molar-refractivity contribution in [1.29, 1.82) is 0 Å². The second-order valence-electron chi connectivity index (χ2n) is 10.9. The number of ether oxygens (including phenoxy) is 1. The Morgan fingerprint density at radius 1 is 1.13 bits per heavy atom. The Morgan fingerprint density at radius 3 is 2.79 bits per heavy atom. The largest absolute Gasteiger partial charge is 0.439 e. The highest BCUT2D eigenvalue weighted by molar-refractivity contribution is 6.06. The summed E-state index contributed by atoms with van der Waals surface area (Å²) in [6.07, 6.45) is 12.5. The first-order valence-corrected chi connectivity index (χ1v) is 14.0. The molecule has 1 saturated carbocycles. The van der Waals surface area contributed by atoms with Crippen LogP contribution >= 0.6 is 0 Å². The van der Waals surface area contributed by atoms with E-state index in [9.17, 15) is 9.18 Å². The minimum Gasteiger partial charge on any atom is -0.439 e. The topological polar surface area (TPSA) is 79.4 Å². The average molecular weight is 528 g/mol. The summed E-state index contributed by atoms with van der Waals surface area (Å²) < 4.78 is 20.8. The van der Waals surface area contributed by atoms with E-state index in [2.05, 4.69) is 38.5 Å². The van der Waals surface area contributed by atoms with E-state index in [4.69, 9.17) is 4.74 Å². The van der Waals surface area contributed by atoms with Crippen molar-refractivity contribution in [2.75, 3.05) is 35.2 Å². The number of rotatable bonds is 8. The molecule has 1 saturated heterocycles. The van der Waals surface area contributed by atoms with Crippen molar-refractivity contribution in [2.45, 2.75) is 45.4 Å². The average Bonchev–Trinajstić information content (AvgIpc) is 3.78. The SMILES string of the molecule is CC1C=Cc2c(NC(=O)c3cc(F)cc(N4CCCCC4)c3)ccc(Oc3ccnc(NCC4CC4)n3)c2C1. The lowest BCUT2D eigenvalue weighted by Crippen LogP contribution is -2.29. The van der Waals surface area contributed by atoms with Crippen molar-refractivity contribution < 1.29 is 13.9 Å². The number of anilines is 3. The molecule has 1 unspecified atom stereocenters. The number of hydrogen-bond donors (Lipinski definition) is 2. The molecular formula is C31H34FN5O2. The number of nitrogens with zero attached hydrogens (tertiary/aromatic N) is 3. The molecule has 0 bridgehead atoms. The summed E-state index contributed by atoms with van der Waals surface area (Å²) in [5, 5.41) is 6.31. The molecule has 8 heteroatoms. The maximum Gasteiger partial charge on any atom is 0.255 e. The summed E-state index contributed by atoms with van der Waals surface area (Å²) >= 11 is 0. The van der Waals surface area contributed by atoms with Crippen molar-refractivity contribution in [3.63, 3.8) is 0 Å². The number of piperidine rings is 1. The monoisotopic (exact) mass is 527 g/mol. The minimum absolute atomic E-state index is 0.310. The maximum atomic E-state index is 14.5. The van der Waals surface area contributed by atoms with E-state index in [0.717, 1.165) is 55.7 Å². The molecule has 1 aliphatic heterocycles. The number of aromatic nitrogens is 2. The van der Waals surface area contributed by atoms with Gasteiger partial charge in [0, 0.05) is 60.0 Å². The number of benzene rings is 2. The highest BCUT2D eigenvalue weighted by atomic mass is 19.1. The quantitative estimate of drug-likeness (QED) is 0.340.